The van der Waals surface area contributed by atoms with Gasteiger partial charge in [0.15, 0.2) is 0 Å². The van der Waals surface area contributed by atoms with E-state index in [0.29, 0.717) is 18.6 Å². The first kappa shape index (κ1) is 13.8. The van der Waals surface area contributed by atoms with E-state index in [9.17, 15) is 9.90 Å². The van der Waals surface area contributed by atoms with E-state index in [2.05, 4.69) is 10.4 Å². The fourth-order valence-corrected chi connectivity index (χ4v) is 2.24. The Morgan fingerprint density at radius 2 is 2.24 bits per heavy atom. The van der Waals surface area contributed by atoms with Crippen LogP contribution in [-0.2, 0) is 4.74 Å². The lowest BCUT2D eigenvalue weighted by Crippen LogP contribution is -2.43. The number of ether oxygens (including phenoxy) is 1. The molecule has 6 nitrogen and oxygen atoms in total. The molecule has 1 atom stereocenters. The summed E-state index contributed by atoms with van der Waals surface area (Å²) in [7, 11) is 0. The number of rotatable bonds is 4. The topological polar surface area (TPSA) is 76.4 Å². The summed E-state index contributed by atoms with van der Waals surface area (Å²) in [5.74, 6) is -0.252. The molecule has 0 bridgehead atoms. The molecule has 1 amide bonds. The molecule has 3 rings (SSSR count). The standard InChI is InChI=1S/C15H17N3O3/c19-14(16-10-15(20)6-7-21-11-15)12-8-17-18(9-12)13-4-2-1-3-5-13/h1-5,8-9,20H,6-7,10-11H2,(H,16,19). The third-order valence-electron chi connectivity index (χ3n) is 3.53. The summed E-state index contributed by atoms with van der Waals surface area (Å²) < 4.78 is 6.78. The predicted octanol–water partition coefficient (Wildman–Crippen LogP) is 0.753. The second kappa shape index (κ2) is 5.67. The second-order valence-corrected chi connectivity index (χ2v) is 5.22. The van der Waals surface area contributed by atoms with Gasteiger partial charge in [-0.1, -0.05) is 18.2 Å². The van der Waals surface area contributed by atoms with Crippen LogP contribution in [0.15, 0.2) is 42.7 Å². The fraction of sp³-hybridized carbons (Fsp3) is 0.333. The molecule has 0 spiro atoms. The number of carbonyl (C=O) groups excluding carboxylic acids is 1. The van der Waals surface area contributed by atoms with Gasteiger partial charge in [-0.05, 0) is 12.1 Å². The first-order chi connectivity index (χ1) is 10.2. The third-order valence-corrected chi connectivity index (χ3v) is 3.53. The van der Waals surface area contributed by atoms with Crippen LogP contribution in [-0.4, -0.2) is 46.2 Å². The van der Waals surface area contributed by atoms with Crippen molar-refractivity contribution in [1.82, 2.24) is 15.1 Å². The lowest BCUT2D eigenvalue weighted by molar-refractivity contribution is 0.0264. The van der Waals surface area contributed by atoms with Crippen molar-refractivity contribution in [3.8, 4) is 5.69 Å². The number of hydrogen-bond donors (Lipinski definition) is 2. The number of nitrogens with one attached hydrogen (secondary N) is 1. The lowest BCUT2D eigenvalue weighted by Gasteiger charge is -2.20. The molecule has 1 fully saturated rings. The van der Waals surface area contributed by atoms with Gasteiger partial charge in [0.2, 0.25) is 0 Å². The van der Waals surface area contributed by atoms with E-state index in [1.165, 1.54) is 6.20 Å². The molecule has 2 N–H and O–H groups in total. The molecule has 1 aromatic heterocycles. The maximum absolute atomic E-state index is 12.1. The molecule has 2 aromatic rings. The van der Waals surface area contributed by atoms with Gasteiger partial charge in [0, 0.05) is 25.8 Å². The summed E-state index contributed by atoms with van der Waals surface area (Å²) in [5.41, 5.74) is 0.395. The number of hydrogen-bond acceptors (Lipinski definition) is 4. The Balaban J connectivity index is 1.64. The number of carbonyl (C=O) groups is 1. The summed E-state index contributed by atoms with van der Waals surface area (Å²) in [4.78, 5) is 12.1. The van der Waals surface area contributed by atoms with Gasteiger partial charge in [0.1, 0.15) is 5.60 Å². The van der Waals surface area contributed by atoms with Crippen LogP contribution in [0.25, 0.3) is 5.69 Å². The number of aliphatic hydroxyl groups is 1. The summed E-state index contributed by atoms with van der Waals surface area (Å²) in [6, 6.07) is 9.56. The van der Waals surface area contributed by atoms with Gasteiger partial charge < -0.3 is 15.2 Å². The lowest BCUT2D eigenvalue weighted by atomic mass is 10.0. The number of para-hydroxylation sites is 1. The van der Waals surface area contributed by atoms with E-state index in [4.69, 9.17) is 4.74 Å². The molecule has 110 valence electrons. The molecular formula is C15H17N3O3. The highest BCUT2D eigenvalue weighted by molar-refractivity contribution is 5.93. The van der Waals surface area contributed by atoms with Crippen LogP contribution in [0.2, 0.25) is 0 Å². The molecule has 21 heavy (non-hydrogen) atoms. The quantitative estimate of drug-likeness (QED) is 0.870. The Labute approximate surface area is 122 Å². The molecule has 0 aliphatic carbocycles. The van der Waals surface area contributed by atoms with Crippen molar-refractivity contribution in [2.45, 2.75) is 12.0 Å². The van der Waals surface area contributed by atoms with Gasteiger partial charge in [0.25, 0.3) is 5.91 Å². The highest BCUT2D eigenvalue weighted by Crippen LogP contribution is 2.17. The van der Waals surface area contributed by atoms with Crippen molar-refractivity contribution in [1.29, 1.82) is 0 Å². The maximum Gasteiger partial charge on any atom is 0.254 e. The monoisotopic (exact) mass is 287 g/mol. The van der Waals surface area contributed by atoms with E-state index in [0.717, 1.165) is 5.69 Å². The molecule has 1 unspecified atom stereocenters. The zero-order valence-electron chi connectivity index (χ0n) is 11.5. The largest absolute Gasteiger partial charge is 0.386 e. The van der Waals surface area contributed by atoms with Crippen molar-refractivity contribution in [2.75, 3.05) is 19.8 Å². The molecule has 6 heteroatoms. The van der Waals surface area contributed by atoms with Crippen molar-refractivity contribution in [3.63, 3.8) is 0 Å². The third kappa shape index (κ3) is 3.12. The van der Waals surface area contributed by atoms with E-state index in [-0.39, 0.29) is 19.1 Å². The Morgan fingerprint density at radius 3 is 2.95 bits per heavy atom. The van der Waals surface area contributed by atoms with Crippen LogP contribution in [0, 0.1) is 0 Å². The van der Waals surface area contributed by atoms with Crippen molar-refractivity contribution in [3.05, 3.63) is 48.3 Å². The van der Waals surface area contributed by atoms with Crippen LogP contribution in [0.1, 0.15) is 16.8 Å². The molecule has 1 aromatic carbocycles. The van der Waals surface area contributed by atoms with Crippen LogP contribution in [0.5, 0.6) is 0 Å². The zero-order chi connectivity index (χ0) is 14.7. The molecule has 0 saturated carbocycles. The van der Waals surface area contributed by atoms with E-state index in [1.807, 2.05) is 30.3 Å². The van der Waals surface area contributed by atoms with E-state index >= 15 is 0 Å². The molecule has 1 aliphatic heterocycles. The normalized spacial score (nSPS) is 21.4. The smallest absolute Gasteiger partial charge is 0.254 e. The minimum atomic E-state index is -0.953. The van der Waals surface area contributed by atoms with Crippen molar-refractivity contribution < 1.29 is 14.6 Å². The van der Waals surface area contributed by atoms with Crippen molar-refractivity contribution >= 4 is 5.91 Å². The number of aromatic nitrogens is 2. The number of benzene rings is 1. The summed E-state index contributed by atoms with van der Waals surface area (Å²) in [5, 5.41) is 17.0. The van der Waals surface area contributed by atoms with Crippen LogP contribution in [0.3, 0.4) is 0 Å². The predicted molar refractivity (Wildman–Crippen MR) is 76.3 cm³/mol. The van der Waals surface area contributed by atoms with Gasteiger partial charge in [0.05, 0.1) is 24.1 Å². The molecule has 1 aliphatic rings. The Kier molecular flexibility index (Phi) is 3.72. The molecule has 2 heterocycles. The average Bonchev–Trinajstić information content (AvgIpc) is 3.16. The van der Waals surface area contributed by atoms with Crippen molar-refractivity contribution in [2.24, 2.45) is 0 Å². The minimum absolute atomic E-state index is 0.183. The van der Waals surface area contributed by atoms with Gasteiger partial charge in [-0.15, -0.1) is 0 Å². The molecular weight excluding hydrogens is 270 g/mol. The average molecular weight is 287 g/mol. The first-order valence-corrected chi connectivity index (χ1v) is 6.85. The number of nitrogens with zero attached hydrogens (tertiary/aromatic N) is 2. The minimum Gasteiger partial charge on any atom is -0.386 e. The van der Waals surface area contributed by atoms with Gasteiger partial charge in [-0.25, -0.2) is 4.68 Å². The SMILES string of the molecule is O=C(NCC1(O)CCOC1)c1cnn(-c2ccccc2)c1. The summed E-state index contributed by atoms with van der Waals surface area (Å²) in [6.45, 7) is 0.969. The molecule has 1 saturated heterocycles. The van der Waals surface area contributed by atoms with Gasteiger partial charge >= 0.3 is 0 Å². The van der Waals surface area contributed by atoms with Crippen LogP contribution in [0.4, 0.5) is 0 Å². The fourth-order valence-electron chi connectivity index (χ4n) is 2.24. The maximum atomic E-state index is 12.1. The first-order valence-electron chi connectivity index (χ1n) is 6.85. The number of amides is 1. The van der Waals surface area contributed by atoms with Gasteiger partial charge in [-0.2, -0.15) is 5.10 Å². The Hall–Kier alpha value is -2.18. The summed E-state index contributed by atoms with van der Waals surface area (Å²) >= 11 is 0. The Bertz CT molecular complexity index is 618. The highest BCUT2D eigenvalue weighted by atomic mass is 16.5. The molecule has 0 radical (unpaired) electrons. The van der Waals surface area contributed by atoms with E-state index in [1.54, 1.807) is 10.9 Å². The van der Waals surface area contributed by atoms with Gasteiger partial charge in [-0.3, -0.25) is 4.79 Å². The Morgan fingerprint density at radius 1 is 1.43 bits per heavy atom. The second-order valence-electron chi connectivity index (χ2n) is 5.22. The van der Waals surface area contributed by atoms with E-state index < -0.39 is 5.60 Å². The van der Waals surface area contributed by atoms with Crippen LogP contribution >= 0.6 is 0 Å². The highest BCUT2D eigenvalue weighted by Gasteiger charge is 2.32. The van der Waals surface area contributed by atoms with Crippen LogP contribution < -0.4 is 5.32 Å². The zero-order valence-corrected chi connectivity index (χ0v) is 11.5. The summed E-state index contributed by atoms with van der Waals surface area (Å²) in [6.07, 6.45) is 3.72.